The number of sulfonamides is 1. The van der Waals surface area contributed by atoms with Crippen molar-refractivity contribution in [2.75, 3.05) is 42.8 Å². The molecule has 0 radical (unpaired) electrons. The Morgan fingerprint density at radius 2 is 1.82 bits per heavy atom. The minimum absolute atomic E-state index is 0.0829. The highest BCUT2D eigenvalue weighted by atomic mass is 35.5. The molecule has 2 aromatic heterocycles. The fraction of sp³-hybridized carbons (Fsp3) is 0.391. The van der Waals surface area contributed by atoms with E-state index in [-0.39, 0.29) is 11.7 Å². The van der Waals surface area contributed by atoms with Gasteiger partial charge in [0.05, 0.1) is 27.9 Å². The number of halogens is 2. The number of imidazole rings is 1. The van der Waals surface area contributed by atoms with E-state index in [1.54, 1.807) is 25.1 Å². The van der Waals surface area contributed by atoms with Crippen LogP contribution in [0, 0.1) is 0 Å². The van der Waals surface area contributed by atoms with E-state index in [1.165, 1.54) is 4.31 Å². The SMILES string of the molecule is CC(=O)N1CCN(Cc2c(-c3ccc(Cl)cc3Cl)nc3ccc(N4CCCS4(=O)=O)cn23)CC1. The molecule has 1 aromatic carbocycles. The van der Waals surface area contributed by atoms with E-state index >= 15 is 0 Å². The van der Waals surface area contributed by atoms with Crippen LogP contribution in [0.4, 0.5) is 5.69 Å². The summed E-state index contributed by atoms with van der Waals surface area (Å²) in [6, 6.07) is 8.97. The van der Waals surface area contributed by atoms with E-state index in [9.17, 15) is 13.2 Å². The van der Waals surface area contributed by atoms with E-state index in [0.717, 1.165) is 30.0 Å². The van der Waals surface area contributed by atoms with E-state index in [2.05, 4.69) is 4.90 Å². The number of benzene rings is 1. The van der Waals surface area contributed by atoms with Gasteiger partial charge in [-0.05, 0) is 36.8 Å². The molecule has 2 saturated heterocycles. The third-order valence-corrected chi connectivity index (χ3v) is 8.88. The fourth-order valence-electron chi connectivity index (χ4n) is 4.64. The largest absolute Gasteiger partial charge is 0.340 e. The number of aromatic nitrogens is 2. The Hall–Kier alpha value is -2.33. The van der Waals surface area contributed by atoms with E-state index < -0.39 is 10.0 Å². The summed E-state index contributed by atoms with van der Waals surface area (Å²) in [5.74, 6) is 0.244. The molecule has 180 valence electrons. The number of carbonyl (C=O) groups is 1. The summed E-state index contributed by atoms with van der Waals surface area (Å²) < 4.78 is 28.5. The molecule has 2 aliphatic rings. The number of anilines is 1. The summed E-state index contributed by atoms with van der Waals surface area (Å²) in [4.78, 5) is 20.7. The van der Waals surface area contributed by atoms with Crippen molar-refractivity contribution in [3.8, 4) is 11.3 Å². The van der Waals surface area contributed by atoms with Gasteiger partial charge in [-0.1, -0.05) is 23.2 Å². The number of rotatable bonds is 4. The van der Waals surface area contributed by atoms with E-state index in [1.807, 2.05) is 27.6 Å². The maximum atomic E-state index is 12.5. The van der Waals surface area contributed by atoms with Crippen molar-refractivity contribution in [1.82, 2.24) is 19.2 Å². The second-order valence-corrected chi connectivity index (χ2v) is 11.5. The van der Waals surface area contributed by atoms with Crippen molar-refractivity contribution >= 4 is 50.5 Å². The molecule has 34 heavy (non-hydrogen) atoms. The van der Waals surface area contributed by atoms with Gasteiger partial charge in [0.25, 0.3) is 0 Å². The van der Waals surface area contributed by atoms with Crippen molar-refractivity contribution in [3.05, 3.63) is 52.3 Å². The van der Waals surface area contributed by atoms with Crippen molar-refractivity contribution in [2.45, 2.75) is 19.9 Å². The van der Waals surface area contributed by atoms with Gasteiger partial charge in [0.15, 0.2) is 0 Å². The van der Waals surface area contributed by atoms with Crippen LogP contribution in [0.3, 0.4) is 0 Å². The lowest BCUT2D eigenvalue weighted by molar-refractivity contribution is -0.130. The van der Waals surface area contributed by atoms with Crippen LogP contribution in [0.2, 0.25) is 10.0 Å². The first-order chi connectivity index (χ1) is 16.2. The maximum absolute atomic E-state index is 12.5. The first-order valence-electron chi connectivity index (χ1n) is 11.2. The molecule has 0 bridgehead atoms. The molecule has 4 heterocycles. The third-order valence-electron chi connectivity index (χ3n) is 6.47. The lowest BCUT2D eigenvalue weighted by Crippen LogP contribution is -2.47. The van der Waals surface area contributed by atoms with Gasteiger partial charge in [-0.3, -0.25) is 18.4 Å². The average molecular weight is 522 g/mol. The Balaban J connectivity index is 1.58. The topological polar surface area (TPSA) is 78.2 Å². The highest BCUT2D eigenvalue weighted by molar-refractivity contribution is 7.93. The monoisotopic (exact) mass is 521 g/mol. The number of carbonyl (C=O) groups excluding carboxylic acids is 1. The smallest absolute Gasteiger partial charge is 0.235 e. The predicted molar refractivity (Wildman–Crippen MR) is 134 cm³/mol. The second-order valence-electron chi connectivity index (χ2n) is 8.67. The van der Waals surface area contributed by atoms with Crippen molar-refractivity contribution < 1.29 is 13.2 Å². The maximum Gasteiger partial charge on any atom is 0.235 e. The zero-order valence-corrected chi connectivity index (χ0v) is 21.1. The molecule has 2 fully saturated rings. The van der Waals surface area contributed by atoms with Gasteiger partial charge in [0, 0.05) is 63.0 Å². The highest BCUT2D eigenvalue weighted by Crippen LogP contribution is 2.34. The summed E-state index contributed by atoms with van der Waals surface area (Å²) in [5, 5.41) is 1.04. The van der Waals surface area contributed by atoms with Crippen molar-refractivity contribution in [2.24, 2.45) is 0 Å². The molecule has 0 unspecified atom stereocenters. The standard InChI is InChI=1S/C23H25Cl2N5O3S/c1-16(31)28-10-8-27(9-11-28)15-21-23(19-5-3-17(24)13-20(19)25)26-22-6-4-18(14-29(21)22)30-7-2-12-34(30,32)33/h3-6,13-14H,2,7-12,15H2,1H3. The van der Waals surface area contributed by atoms with E-state index in [0.29, 0.717) is 54.0 Å². The van der Waals surface area contributed by atoms with Crippen LogP contribution in [0.25, 0.3) is 16.9 Å². The summed E-state index contributed by atoms with van der Waals surface area (Å²) in [7, 11) is -3.30. The van der Waals surface area contributed by atoms with Crippen LogP contribution in [-0.2, 0) is 21.4 Å². The Morgan fingerprint density at radius 3 is 2.47 bits per heavy atom. The molecule has 3 aromatic rings. The zero-order valence-electron chi connectivity index (χ0n) is 18.7. The molecule has 2 aliphatic heterocycles. The third kappa shape index (κ3) is 4.37. The Kier molecular flexibility index (Phi) is 6.22. The summed E-state index contributed by atoms with van der Waals surface area (Å²) in [6.45, 7) is 5.45. The van der Waals surface area contributed by atoms with Crippen molar-refractivity contribution in [3.63, 3.8) is 0 Å². The van der Waals surface area contributed by atoms with Crippen LogP contribution < -0.4 is 4.31 Å². The number of pyridine rings is 1. The van der Waals surface area contributed by atoms with Gasteiger partial charge in [-0.2, -0.15) is 0 Å². The summed E-state index contributed by atoms with van der Waals surface area (Å²) >= 11 is 12.7. The molecule has 0 N–H and O–H groups in total. The van der Waals surface area contributed by atoms with Crippen molar-refractivity contribution in [1.29, 1.82) is 0 Å². The van der Waals surface area contributed by atoms with E-state index in [4.69, 9.17) is 28.2 Å². The van der Waals surface area contributed by atoms with Gasteiger partial charge in [-0.25, -0.2) is 13.4 Å². The van der Waals surface area contributed by atoms with Crippen LogP contribution in [0.5, 0.6) is 0 Å². The Labute approximate surface area is 208 Å². The normalized spacial score (nSPS) is 18.7. The lowest BCUT2D eigenvalue weighted by atomic mass is 10.1. The van der Waals surface area contributed by atoms with Gasteiger partial charge in [-0.15, -0.1) is 0 Å². The van der Waals surface area contributed by atoms with Gasteiger partial charge in [0.2, 0.25) is 15.9 Å². The molecule has 0 aliphatic carbocycles. The van der Waals surface area contributed by atoms with Gasteiger partial charge in [0.1, 0.15) is 5.65 Å². The number of hydrogen-bond donors (Lipinski definition) is 0. The molecule has 0 saturated carbocycles. The number of amides is 1. The summed E-state index contributed by atoms with van der Waals surface area (Å²) in [6.07, 6.45) is 2.46. The van der Waals surface area contributed by atoms with Crippen LogP contribution >= 0.6 is 23.2 Å². The lowest BCUT2D eigenvalue weighted by Gasteiger charge is -2.34. The van der Waals surface area contributed by atoms with Gasteiger partial charge >= 0.3 is 0 Å². The molecular weight excluding hydrogens is 497 g/mol. The number of nitrogens with zero attached hydrogens (tertiary/aromatic N) is 5. The quantitative estimate of drug-likeness (QED) is 0.524. The minimum atomic E-state index is -3.30. The molecular formula is C23H25Cl2N5O3S. The Morgan fingerprint density at radius 1 is 1.06 bits per heavy atom. The van der Waals surface area contributed by atoms with Crippen LogP contribution in [-0.4, -0.2) is 72.0 Å². The number of hydrogen-bond acceptors (Lipinski definition) is 5. The average Bonchev–Trinajstić information content (AvgIpc) is 3.33. The predicted octanol–water partition coefficient (Wildman–Crippen LogP) is 3.51. The van der Waals surface area contributed by atoms with Crippen LogP contribution in [0.1, 0.15) is 19.0 Å². The highest BCUT2D eigenvalue weighted by Gasteiger charge is 2.29. The summed E-state index contributed by atoms with van der Waals surface area (Å²) in [5.41, 5.74) is 3.74. The molecule has 0 spiro atoms. The number of piperazine rings is 1. The van der Waals surface area contributed by atoms with Gasteiger partial charge < -0.3 is 4.90 Å². The molecule has 1 amide bonds. The fourth-order valence-corrected chi connectivity index (χ4v) is 6.69. The minimum Gasteiger partial charge on any atom is -0.340 e. The first-order valence-corrected chi connectivity index (χ1v) is 13.5. The van der Waals surface area contributed by atoms with Crippen LogP contribution in [0.15, 0.2) is 36.5 Å². The number of fused-ring (bicyclic) bond motifs is 1. The zero-order chi connectivity index (χ0) is 24.0. The molecule has 11 heteroatoms. The second kappa shape index (κ2) is 9.03. The molecule has 8 nitrogen and oxygen atoms in total. The molecule has 0 atom stereocenters. The Bertz CT molecular complexity index is 1370. The molecule has 5 rings (SSSR count). The first kappa shape index (κ1) is 23.4.